The monoisotopic (exact) mass is 317 g/mol. The Balaban J connectivity index is 2.01. The highest BCUT2D eigenvalue weighted by molar-refractivity contribution is 7.99. The molecule has 2 aromatic rings. The van der Waals surface area contributed by atoms with Gasteiger partial charge in [-0.2, -0.15) is 0 Å². The van der Waals surface area contributed by atoms with Crippen molar-refractivity contribution in [2.75, 3.05) is 18.2 Å². The van der Waals surface area contributed by atoms with Crippen LogP contribution in [0.5, 0.6) is 0 Å². The quantitative estimate of drug-likeness (QED) is 0.649. The largest absolute Gasteiger partial charge is 0.464 e. The summed E-state index contributed by atoms with van der Waals surface area (Å²) >= 11 is 1.82. The van der Waals surface area contributed by atoms with Crippen LogP contribution < -0.4 is 5.32 Å². The number of carbonyl (C=O) groups is 1. The van der Waals surface area contributed by atoms with Crippen molar-refractivity contribution in [2.45, 2.75) is 24.8 Å². The summed E-state index contributed by atoms with van der Waals surface area (Å²) in [6.07, 6.45) is 0. The number of anilines is 1. The molecule has 0 aliphatic rings. The summed E-state index contributed by atoms with van der Waals surface area (Å²) in [4.78, 5) is 12.6. The van der Waals surface area contributed by atoms with E-state index in [4.69, 9.17) is 0 Å². The lowest BCUT2D eigenvalue weighted by atomic mass is 10.1. The van der Waals surface area contributed by atoms with E-state index in [0.717, 1.165) is 5.75 Å². The average Bonchev–Trinajstić information content (AvgIpc) is 2.55. The molecule has 2 rings (SSSR count). The van der Waals surface area contributed by atoms with Crippen LogP contribution in [0.25, 0.3) is 0 Å². The molecule has 1 N–H and O–H groups in total. The Hall–Kier alpha value is -2.08. The van der Waals surface area contributed by atoms with E-state index in [1.54, 1.807) is 12.1 Å². The molecule has 0 spiro atoms. The number of esters is 1. The lowest BCUT2D eigenvalue weighted by molar-refractivity contribution is 0.0593. The van der Waals surface area contributed by atoms with Crippen LogP contribution in [0.1, 0.15) is 35.9 Å². The average molecular weight is 317 g/mol. The van der Waals surface area contributed by atoms with Crippen molar-refractivity contribution < 1.29 is 9.53 Å². The van der Waals surface area contributed by atoms with Gasteiger partial charge in [-0.1, -0.05) is 19.1 Å². The van der Waals surface area contributed by atoms with E-state index in [9.17, 15) is 4.79 Å². The number of nitrogens with zero attached hydrogens (tertiary/aromatic N) is 2. The lowest BCUT2D eigenvalue weighted by Crippen LogP contribution is -2.10. The number of methoxy groups -OCH3 is 1. The number of hydrogen-bond donors (Lipinski definition) is 1. The molecular weight excluding hydrogens is 298 g/mol. The van der Waals surface area contributed by atoms with Crippen molar-refractivity contribution in [2.24, 2.45) is 0 Å². The number of ether oxygens (including phenoxy) is 1. The minimum absolute atomic E-state index is 0.0963. The third kappa shape index (κ3) is 4.21. The molecule has 116 valence electrons. The molecule has 0 aliphatic carbocycles. The smallest absolute Gasteiger partial charge is 0.358 e. The molecule has 6 heteroatoms. The van der Waals surface area contributed by atoms with Crippen molar-refractivity contribution in [3.05, 3.63) is 47.7 Å². The number of carbonyl (C=O) groups excluding carboxylic acids is 1. The normalized spacial score (nSPS) is 11.8. The standard InChI is InChI=1S/C16H19N3O2S/c1-4-22-13-7-5-12(6-8-13)11(2)17-15-10-9-14(18-19-15)16(20)21-3/h5-11H,4H2,1-3H3,(H,17,19). The first-order valence-corrected chi connectivity index (χ1v) is 8.04. The maximum Gasteiger partial charge on any atom is 0.358 e. The Morgan fingerprint density at radius 3 is 2.50 bits per heavy atom. The fourth-order valence-corrected chi connectivity index (χ4v) is 2.61. The Kier molecular flexibility index (Phi) is 5.77. The van der Waals surface area contributed by atoms with E-state index < -0.39 is 5.97 Å². The SMILES string of the molecule is CCSc1ccc(C(C)Nc2ccc(C(=O)OC)nn2)cc1. The number of thioether (sulfide) groups is 1. The van der Waals surface area contributed by atoms with E-state index in [0.29, 0.717) is 5.82 Å². The van der Waals surface area contributed by atoms with Gasteiger partial charge >= 0.3 is 5.97 Å². The minimum atomic E-state index is -0.490. The lowest BCUT2D eigenvalue weighted by Gasteiger charge is -2.15. The van der Waals surface area contributed by atoms with Crippen LogP contribution in [-0.4, -0.2) is 29.0 Å². The number of nitrogens with one attached hydrogen (secondary N) is 1. The summed E-state index contributed by atoms with van der Waals surface area (Å²) in [6, 6.07) is 11.9. The molecule has 1 unspecified atom stereocenters. The van der Waals surface area contributed by atoms with Crippen LogP contribution >= 0.6 is 11.8 Å². The summed E-state index contributed by atoms with van der Waals surface area (Å²) in [5.74, 6) is 1.19. The Bertz CT molecular complexity index is 614. The van der Waals surface area contributed by atoms with Crippen molar-refractivity contribution in [3.8, 4) is 0 Å². The molecule has 0 radical (unpaired) electrons. The van der Waals surface area contributed by atoms with Crippen molar-refractivity contribution in [3.63, 3.8) is 0 Å². The highest BCUT2D eigenvalue weighted by Gasteiger charge is 2.10. The maximum absolute atomic E-state index is 11.3. The first-order chi connectivity index (χ1) is 10.6. The van der Waals surface area contributed by atoms with E-state index in [1.807, 2.05) is 11.8 Å². The summed E-state index contributed by atoms with van der Waals surface area (Å²) in [5.41, 5.74) is 1.36. The first-order valence-electron chi connectivity index (χ1n) is 7.05. The van der Waals surface area contributed by atoms with Crippen LogP contribution in [0.15, 0.2) is 41.3 Å². The van der Waals surface area contributed by atoms with E-state index in [2.05, 4.69) is 58.4 Å². The van der Waals surface area contributed by atoms with Crippen LogP contribution in [0.4, 0.5) is 5.82 Å². The van der Waals surface area contributed by atoms with Gasteiger partial charge in [0.15, 0.2) is 5.69 Å². The molecule has 0 aliphatic heterocycles. The summed E-state index contributed by atoms with van der Waals surface area (Å²) in [6.45, 7) is 4.19. The molecule has 0 bridgehead atoms. The minimum Gasteiger partial charge on any atom is -0.464 e. The molecule has 1 atom stereocenters. The second-order valence-electron chi connectivity index (χ2n) is 4.66. The van der Waals surface area contributed by atoms with Gasteiger partial charge in [0.05, 0.1) is 7.11 Å². The van der Waals surface area contributed by atoms with Gasteiger partial charge in [-0.25, -0.2) is 4.79 Å². The molecular formula is C16H19N3O2S. The van der Waals surface area contributed by atoms with Gasteiger partial charge in [-0.3, -0.25) is 0 Å². The third-order valence-corrected chi connectivity index (χ3v) is 4.01. The summed E-state index contributed by atoms with van der Waals surface area (Å²) < 4.78 is 4.59. The zero-order chi connectivity index (χ0) is 15.9. The fraction of sp³-hybridized carbons (Fsp3) is 0.312. The number of benzene rings is 1. The molecule has 1 heterocycles. The second-order valence-corrected chi connectivity index (χ2v) is 6.00. The second kappa shape index (κ2) is 7.79. The van der Waals surface area contributed by atoms with Gasteiger partial charge in [0.25, 0.3) is 0 Å². The van der Waals surface area contributed by atoms with Gasteiger partial charge in [-0.15, -0.1) is 22.0 Å². The Morgan fingerprint density at radius 1 is 1.23 bits per heavy atom. The number of aromatic nitrogens is 2. The molecule has 0 fully saturated rings. The van der Waals surface area contributed by atoms with Crippen molar-refractivity contribution in [1.29, 1.82) is 0 Å². The van der Waals surface area contributed by atoms with E-state index in [-0.39, 0.29) is 11.7 Å². The fourth-order valence-electron chi connectivity index (χ4n) is 1.95. The maximum atomic E-state index is 11.3. The zero-order valence-electron chi connectivity index (χ0n) is 12.9. The predicted octanol–water partition coefficient (Wildman–Crippen LogP) is 3.55. The molecule has 1 aromatic carbocycles. The van der Waals surface area contributed by atoms with Gasteiger partial charge < -0.3 is 10.1 Å². The van der Waals surface area contributed by atoms with Crippen LogP contribution in [-0.2, 0) is 4.74 Å². The molecule has 22 heavy (non-hydrogen) atoms. The van der Waals surface area contributed by atoms with Gasteiger partial charge in [0.2, 0.25) is 0 Å². The van der Waals surface area contributed by atoms with Crippen molar-refractivity contribution in [1.82, 2.24) is 10.2 Å². The first kappa shape index (κ1) is 16.3. The predicted molar refractivity (Wildman–Crippen MR) is 88.2 cm³/mol. The molecule has 0 saturated carbocycles. The van der Waals surface area contributed by atoms with E-state index >= 15 is 0 Å². The molecule has 0 amide bonds. The number of hydrogen-bond acceptors (Lipinski definition) is 6. The highest BCUT2D eigenvalue weighted by atomic mass is 32.2. The van der Waals surface area contributed by atoms with Crippen LogP contribution in [0.2, 0.25) is 0 Å². The van der Waals surface area contributed by atoms with E-state index in [1.165, 1.54) is 17.6 Å². The van der Waals surface area contributed by atoms with Gasteiger partial charge in [-0.05, 0) is 42.5 Å². The highest BCUT2D eigenvalue weighted by Crippen LogP contribution is 2.22. The molecule has 5 nitrogen and oxygen atoms in total. The molecule has 1 aromatic heterocycles. The summed E-state index contributed by atoms with van der Waals surface area (Å²) in [7, 11) is 1.32. The van der Waals surface area contributed by atoms with Crippen molar-refractivity contribution >= 4 is 23.5 Å². The Morgan fingerprint density at radius 2 is 1.95 bits per heavy atom. The molecule has 0 saturated heterocycles. The van der Waals surface area contributed by atoms with Crippen LogP contribution in [0, 0.1) is 0 Å². The summed E-state index contributed by atoms with van der Waals surface area (Å²) in [5, 5.41) is 11.1. The van der Waals surface area contributed by atoms with Gasteiger partial charge in [0, 0.05) is 10.9 Å². The topological polar surface area (TPSA) is 64.1 Å². The number of rotatable bonds is 6. The zero-order valence-corrected chi connectivity index (χ0v) is 13.7. The van der Waals surface area contributed by atoms with Gasteiger partial charge in [0.1, 0.15) is 5.82 Å². The third-order valence-electron chi connectivity index (χ3n) is 3.11. The Labute approximate surface area is 134 Å². The van der Waals surface area contributed by atoms with Crippen LogP contribution in [0.3, 0.4) is 0 Å².